The first-order chi connectivity index (χ1) is 8.49. The maximum absolute atomic E-state index is 13.3. The Morgan fingerprint density at radius 1 is 1.44 bits per heavy atom. The van der Waals surface area contributed by atoms with Gasteiger partial charge in [-0.1, -0.05) is 0 Å². The smallest absolute Gasteiger partial charge is 0.244 e. The molecule has 0 saturated carbocycles. The molecule has 0 bridgehead atoms. The van der Waals surface area contributed by atoms with Crippen molar-refractivity contribution < 1.29 is 13.6 Å². The third-order valence-corrected chi connectivity index (χ3v) is 2.61. The van der Waals surface area contributed by atoms with Crippen LogP contribution in [0.2, 0.25) is 0 Å². The van der Waals surface area contributed by atoms with Gasteiger partial charge in [0.05, 0.1) is 6.20 Å². The van der Waals surface area contributed by atoms with E-state index < -0.39 is 17.7 Å². The minimum atomic E-state index is -0.811. The van der Waals surface area contributed by atoms with Gasteiger partial charge in [0.15, 0.2) is 11.6 Å². The first-order valence-corrected chi connectivity index (χ1v) is 5.85. The van der Waals surface area contributed by atoms with E-state index in [-0.39, 0.29) is 11.7 Å². The predicted octanol–water partition coefficient (Wildman–Crippen LogP) is 2.03. The molecule has 0 radical (unpaired) electrons. The van der Waals surface area contributed by atoms with Crippen molar-refractivity contribution in [3.05, 3.63) is 23.9 Å². The Labute approximate surface area is 105 Å². The lowest BCUT2D eigenvalue weighted by Gasteiger charge is -2.23. The van der Waals surface area contributed by atoms with E-state index in [9.17, 15) is 13.6 Å². The van der Waals surface area contributed by atoms with Gasteiger partial charge in [0, 0.05) is 19.2 Å². The van der Waals surface area contributed by atoms with Crippen molar-refractivity contribution in [2.24, 2.45) is 0 Å². The summed E-state index contributed by atoms with van der Waals surface area (Å²) in [6.07, 6.45) is 0.903. The molecule has 0 aromatic carbocycles. The fourth-order valence-corrected chi connectivity index (χ4v) is 1.60. The first kappa shape index (κ1) is 14.3. The summed E-state index contributed by atoms with van der Waals surface area (Å²) in [5.74, 6) is -1.83. The number of nitrogens with one attached hydrogen (secondary N) is 1. The van der Waals surface area contributed by atoms with Crippen LogP contribution in [0.4, 0.5) is 14.6 Å². The Kier molecular flexibility index (Phi) is 5.00. The number of carbonyl (C=O) groups is 1. The lowest BCUT2D eigenvalue weighted by atomic mass is 10.2. The van der Waals surface area contributed by atoms with Gasteiger partial charge in [-0.25, -0.2) is 13.8 Å². The highest BCUT2D eigenvalue weighted by Gasteiger charge is 2.19. The van der Waals surface area contributed by atoms with Crippen molar-refractivity contribution in [3.63, 3.8) is 0 Å². The molecule has 0 fully saturated rings. The Morgan fingerprint density at radius 3 is 2.56 bits per heavy atom. The maximum atomic E-state index is 13.3. The molecular formula is C12H17F2N3O. The van der Waals surface area contributed by atoms with Crippen molar-refractivity contribution in [3.8, 4) is 0 Å². The molecule has 1 rings (SSSR count). The molecule has 1 unspecified atom stereocenters. The summed E-state index contributed by atoms with van der Waals surface area (Å²) in [4.78, 5) is 17.1. The number of pyridine rings is 1. The molecule has 1 aromatic rings. The van der Waals surface area contributed by atoms with Crippen molar-refractivity contribution in [1.82, 2.24) is 9.88 Å². The molecule has 0 spiro atoms. The Hall–Kier alpha value is -1.72. The van der Waals surface area contributed by atoms with E-state index in [0.29, 0.717) is 13.1 Å². The fraction of sp³-hybridized carbons (Fsp3) is 0.500. The average molecular weight is 257 g/mol. The number of hydrogen-bond donors (Lipinski definition) is 1. The Bertz CT molecular complexity index is 422. The van der Waals surface area contributed by atoms with Gasteiger partial charge >= 0.3 is 0 Å². The number of aromatic nitrogens is 1. The molecule has 4 nitrogen and oxygen atoms in total. The number of nitrogens with zero attached hydrogens (tertiary/aromatic N) is 2. The molecule has 100 valence electrons. The number of carbonyl (C=O) groups excluding carboxylic acids is 1. The molecule has 18 heavy (non-hydrogen) atoms. The number of likely N-dealkylation sites (N-methyl/N-ethyl adjacent to an activating group) is 1. The van der Waals surface area contributed by atoms with E-state index in [1.165, 1.54) is 0 Å². The zero-order chi connectivity index (χ0) is 13.7. The second kappa shape index (κ2) is 6.28. The van der Waals surface area contributed by atoms with Gasteiger partial charge in [-0.3, -0.25) is 4.79 Å². The van der Waals surface area contributed by atoms with Crippen LogP contribution in [0.5, 0.6) is 0 Å². The van der Waals surface area contributed by atoms with Crippen molar-refractivity contribution in [1.29, 1.82) is 0 Å². The molecule has 1 aromatic heterocycles. The van der Waals surface area contributed by atoms with Crippen LogP contribution in [0.15, 0.2) is 12.3 Å². The number of anilines is 1. The van der Waals surface area contributed by atoms with Gasteiger partial charge in [0.25, 0.3) is 0 Å². The quantitative estimate of drug-likeness (QED) is 0.877. The van der Waals surface area contributed by atoms with Gasteiger partial charge in [0.1, 0.15) is 11.9 Å². The second-order valence-corrected chi connectivity index (χ2v) is 3.86. The molecular weight excluding hydrogens is 240 g/mol. The maximum Gasteiger partial charge on any atom is 0.244 e. The number of hydrogen-bond acceptors (Lipinski definition) is 3. The molecule has 1 heterocycles. The fourth-order valence-electron chi connectivity index (χ4n) is 1.60. The molecule has 6 heteroatoms. The highest BCUT2D eigenvalue weighted by atomic mass is 19.1. The summed E-state index contributed by atoms with van der Waals surface area (Å²) in [6, 6.07) is 0.113. The SMILES string of the molecule is CCN(CC)C(=O)C(C)Nc1ncc(F)cc1F. The summed E-state index contributed by atoms with van der Waals surface area (Å²) in [6.45, 7) is 6.52. The van der Waals surface area contributed by atoms with Crippen LogP contribution in [-0.4, -0.2) is 34.9 Å². The zero-order valence-corrected chi connectivity index (χ0v) is 10.7. The lowest BCUT2D eigenvalue weighted by Crippen LogP contribution is -2.41. The lowest BCUT2D eigenvalue weighted by molar-refractivity contribution is -0.131. The number of amides is 1. The number of rotatable bonds is 5. The monoisotopic (exact) mass is 257 g/mol. The highest BCUT2D eigenvalue weighted by molar-refractivity contribution is 5.84. The van der Waals surface area contributed by atoms with Crippen molar-refractivity contribution in [2.45, 2.75) is 26.8 Å². The summed E-state index contributed by atoms with van der Waals surface area (Å²) >= 11 is 0. The zero-order valence-electron chi connectivity index (χ0n) is 10.7. The average Bonchev–Trinajstić information content (AvgIpc) is 2.34. The normalized spacial score (nSPS) is 12.1. The van der Waals surface area contributed by atoms with Gasteiger partial charge in [0.2, 0.25) is 5.91 Å². The van der Waals surface area contributed by atoms with E-state index >= 15 is 0 Å². The van der Waals surface area contributed by atoms with Crippen LogP contribution in [0.1, 0.15) is 20.8 Å². The summed E-state index contributed by atoms with van der Waals surface area (Å²) in [7, 11) is 0. The first-order valence-electron chi connectivity index (χ1n) is 5.85. The molecule has 0 aliphatic carbocycles. The summed E-state index contributed by atoms with van der Waals surface area (Å²) in [5, 5.41) is 2.64. The molecule has 0 aliphatic rings. The van der Waals surface area contributed by atoms with E-state index in [0.717, 1.165) is 12.3 Å². The predicted molar refractivity (Wildman–Crippen MR) is 65.2 cm³/mol. The van der Waals surface area contributed by atoms with Gasteiger partial charge in [-0.05, 0) is 20.8 Å². The van der Waals surface area contributed by atoms with E-state index in [1.54, 1.807) is 11.8 Å². The number of halogens is 2. The molecule has 0 saturated heterocycles. The Balaban J connectivity index is 2.75. The van der Waals surface area contributed by atoms with Crippen molar-refractivity contribution >= 4 is 11.7 Å². The summed E-state index contributed by atoms with van der Waals surface area (Å²) in [5.41, 5.74) is 0. The standard InChI is InChI=1S/C12H17F2N3O/c1-4-17(5-2)12(18)8(3)16-11-10(14)6-9(13)7-15-11/h6-8H,4-5H2,1-3H3,(H,15,16). The van der Waals surface area contributed by atoms with Crippen LogP contribution in [0.25, 0.3) is 0 Å². The third-order valence-electron chi connectivity index (χ3n) is 2.61. The highest BCUT2D eigenvalue weighted by Crippen LogP contribution is 2.13. The summed E-state index contributed by atoms with van der Waals surface area (Å²) < 4.78 is 26.0. The minimum absolute atomic E-state index is 0.121. The van der Waals surface area contributed by atoms with E-state index in [1.807, 2.05) is 13.8 Å². The van der Waals surface area contributed by atoms with E-state index in [4.69, 9.17) is 0 Å². The Morgan fingerprint density at radius 2 is 2.06 bits per heavy atom. The van der Waals surface area contributed by atoms with Crippen LogP contribution < -0.4 is 5.32 Å². The van der Waals surface area contributed by atoms with Crippen LogP contribution in [0, 0.1) is 11.6 Å². The minimum Gasteiger partial charge on any atom is -0.356 e. The largest absolute Gasteiger partial charge is 0.356 e. The molecule has 0 aliphatic heterocycles. The van der Waals surface area contributed by atoms with Gasteiger partial charge in [-0.2, -0.15) is 0 Å². The second-order valence-electron chi connectivity index (χ2n) is 3.86. The van der Waals surface area contributed by atoms with Crippen molar-refractivity contribution in [2.75, 3.05) is 18.4 Å². The van der Waals surface area contributed by atoms with Crippen LogP contribution in [0.3, 0.4) is 0 Å². The topological polar surface area (TPSA) is 45.2 Å². The molecule has 1 N–H and O–H groups in total. The van der Waals surface area contributed by atoms with Crippen LogP contribution in [-0.2, 0) is 4.79 Å². The van der Waals surface area contributed by atoms with Gasteiger partial charge < -0.3 is 10.2 Å². The van der Waals surface area contributed by atoms with Crippen LogP contribution >= 0.6 is 0 Å². The molecule has 1 atom stereocenters. The van der Waals surface area contributed by atoms with E-state index in [2.05, 4.69) is 10.3 Å². The molecule has 1 amide bonds. The third kappa shape index (κ3) is 3.38. The van der Waals surface area contributed by atoms with Gasteiger partial charge in [-0.15, -0.1) is 0 Å².